The predicted octanol–water partition coefficient (Wildman–Crippen LogP) is 2.95. The molecule has 0 amide bonds. The number of phenolic OH excluding ortho intramolecular Hbond substituents is 1. The molecule has 0 spiro atoms. The Morgan fingerprint density at radius 2 is 1.73 bits per heavy atom. The molecule has 82 valence electrons. The van der Waals surface area contributed by atoms with Crippen LogP contribution in [0.3, 0.4) is 0 Å². The van der Waals surface area contributed by atoms with E-state index in [0.29, 0.717) is 29.2 Å². The minimum absolute atomic E-state index is 0.0128. The zero-order valence-electron chi connectivity index (χ0n) is 8.71. The van der Waals surface area contributed by atoms with Crippen molar-refractivity contribution in [1.82, 2.24) is 0 Å². The molecule has 1 aliphatic heterocycles. The summed E-state index contributed by atoms with van der Waals surface area (Å²) in [4.78, 5) is 0. The molecule has 0 saturated heterocycles. The average Bonchev–Trinajstić information content (AvgIpc) is 2.29. The Bertz CT molecular complexity index is 353. The highest BCUT2D eigenvalue weighted by molar-refractivity contribution is 9.10. The largest absolute Gasteiger partial charge is 0.507 e. The van der Waals surface area contributed by atoms with Crippen LogP contribution < -0.4 is 9.47 Å². The molecular formula is C11H13BrO3. The van der Waals surface area contributed by atoms with Gasteiger partial charge in [-0.1, -0.05) is 13.8 Å². The summed E-state index contributed by atoms with van der Waals surface area (Å²) >= 11 is 3.24. The number of ether oxygens (including phenoxy) is 2. The standard InChI is InChI=1S/C11H13BrO3/c1-11(2)5-14-9-3-7(12)8(13)4-10(9)15-6-11/h3-4,13H,5-6H2,1-2H3. The zero-order chi connectivity index (χ0) is 11.1. The van der Waals surface area contributed by atoms with Gasteiger partial charge in [-0.15, -0.1) is 0 Å². The number of fused-ring (bicyclic) bond motifs is 1. The average molecular weight is 273 g/mol. The van der Waals surface area contributed by atoms with E-state index in [1.165, 1.54) is 0 Å². The quantitative estimate of drug-likeness (QED) is 0.789. The highest BCUT2D eigenvalue weighted by Gasteiger charge is 2.25. The van der Waals surface area contributed by atoms with Crippen LogP contribution in [0, 0.1) is 5.41 Å². The summed E-state index contributed by atoms with van der Waals surface area (Å²) in [5, 5.41) is 9.51. The van der Waals surface area contributed by atoms with Gasteiger partial charge < -0.3 is 14.6 Å². The summed E-state index contributed by atoms with van der Waals surface area (Å²) in [7, 11) is 0. The molecule has 0 saturated carbocycles. The first-order chi connectivity index (χ1) is 6.98. The van der Waals surface area contributed by atoms with E-state index in [1.54, 1.807) is 12.1 Å². The Balaban J connectivity index is 2.36. The fourth-order valence-electron chi connectivity index (χ4n) is 1.34. The Kier molecular flexibility index (Phi) is 2.54. The van der Waals surface area contributed by atoms with Gasteiger partial charge in [-0.3, -0.25) is 0 Å². The second-order valence-corrected chi connectivity index (χ2v) is 5.35. The van der Waals surface area contributed by atoms with Crippen molar-refractivity contribution in [2.75, 3.05) is 13.2 Å². The van der Waals surface area contributed by atoms with Crippen molar-refractivity contribution in [3.63, 3.8) is 0 Å². The van der Waals surface area contributed by atoms with Crippen molar-refractivity contribution >= 4 is 15.9 Å². The van der Waals surface area contributed by atoms with Crippen LogP contribution >= 0.6 is 15.9 Å². The van der Waals surface area contributed by atoms with Gasteiger partial charge in [0.15, 0.2) is 11.5 Å². The van der Waals surface area contributed by atoms with Crippen LogP contribution in [-0.4, -0.2) is 18.3 Å². The Morgan fingerprint density at radius 1 is 1.20 bits per heavy atom. The van der Waals surface area contributed by atoms with Gasteiger partial charge >= 0.3 is 0 Å². The van der Waals surface area contributed by atoms with Crippen LogP contribution in [0.1, 0.15) is 13.8 Å². The lowest BCUT2D eigenvalue weighted by atomic mass is 9.97. The molecule has 1 heterocycles. The predicted molar refractivity (Wildman–Crippen MR) is 60.6 cm³/mol. The third-order valence-electron chi connectivity index (χ3n) is 2.25. The molecule has 3 nitrogen and oxygen atoms in total. The molecule has 0 atom stereocenters. The van der Waals surface area contributed by atoms with Gasteiger partial charge in [0.2, 0.25) is 0 Å². The first kappa shape index (κ1) is 10.6. The summed E-state index contributed by atoms with van der Waals surface area (Å²) in [6.07, 6.45) is 0. The van der Waals surface area contributed by atoms with Crippen molar-refractivity contribution in [3.8, 4) is 17.2 Å². The van der Waals surface area contributed by atoms with Gasteiger partial charge in [0.1, 0.15) is 5.75 Å². The van der Waals surface area contributed by atoms with Crippen LogP contribution in [0.15, 0.2) is 16.6 Å². The first-order valence-corrected chi connectivity index (χ1v) is 5.55. The molecule has 2 rings (SSSR count). The van der Waals surface area contributed by atoms with E-state index in [0.717, 1.165) is 0 Å². The van der Waals surface area contributed by atoms with Crippen molar-refractivity contribution in [3.05, 3.63) is 16.6 Å². The van der Waals surface area contributed by atoms with E-state index in [9.17, 15) is 5.11 Å². The van der Waals surface area contributed by atoms with Crippen molar-refractivity contribution in [2.24, 2.45) is 5.41 Å². The maximum atomic E-state index is 9.51. The molecule has 1 aromatic rings. The van der Waals surface area contributed by atoms with E-state index in [-0.39, 0.29) is 11.2 Å². The van der Waals surface area contributed by atoms with Crippen molar-refractivity contribution in [1.29, 1.82) is 0 Å². The highest BCUT2D eigenvalue weighted by atomic mass is 79.9. The summed E-state index contributed by atoms with van der Waals surface area (Å²) in [6.45, 7) is 5.35. The number of aromatic hydroxyl groups is 1. The van der Waals surface area contributed by atoms with E-state index < -0.39 is 0 Å². The van der Waals surface area contributed by atoms with Gasteiger partial charge in [-0.2, -0.15) is 0 Å². The molecule has 1 aliphatic rings. The first-order valence-electron chi connectivity index (χ1n) is 4.76. The third-order valence-corrected chi connectivity index (χ3v) is 2.89. The van der Waals surface area contributed by atoms with Crippen molar-refractivity contribution in [2.45, 2.75) is 13.8 Å². The van der Waals surface area contributed by atoms with E-state index in [4.69, 9.17) is 9.47 Å². The fourth-order valence-corrected chi connectivity index (χ4v) is 1.66. The fraction of sp³-hybridized carbons (Fsp3) is 0.455. The summed E-state index contributed by atoms with van der Waals surface area (Å²) < 4.78 is 11.8. The lowest BCUT2D eigenvalue weighted by Crippen LogP contribution is -2.26. The molecule has 0 radical (unpaired) electrons. The number of rotatable bonds is 0. The molecule has 15 heavy (non-hydrogen) atoms. The van der Waals surface area contributed by atoms with E-state index >= 15 is 0 Å². The second kappa shape index (κ2) is 3.59. The number of hydrogen-bond acceptors (Lipinski definition) is 3. The molecule has 0 fully saturated rings. The number of hydrogen-bond donors (Lipinski definition) is 1. The maximum absolute atomic E-state index is 9.51. The van der Waals surface area contributed by atoms with E-state index in [1.807, 2.05) is 0 Å². The minimum Gasteiger partial charge on any atom is -0.507 e. The summed E-state index contributed by atoms with van der Waals surface area (Å²) in [5.74, 6) is 1.43. The molecule has 4 heteroatoms. The lowest BCUT2D eigenvalue weighted by molar-refractivity contribution is 0.140. The molecule has 0 aliphatic carbocycles. The Hall–Kier alpha value is -0.900. The number of phenols is 1. The number of benzene rings is 1. The maximum Gasteiger partial charge on any atom is 0.164 e. The zero-order valence-corrected chi connectivity index (χ0v) is 10.3. The smallest absolute Gasteiger partial charge is 0.164 e. The summed E-state index contributed by atoms with van der Waals surface area (Å²) in [5.41, 5.74) is -0.0128. The number of halogens is 1. The molecule has 0 unspecified atom stereocenters. The van der Waals surface area contributed by atoms with Crippen LogP contribution in [0.2, 0.25) is 0 Å². The van der Waals surface area contributed by atoms with Gasteiger partial charge in [0.05, 0.1) is 17.7 Å². The van der Waals surface area contributed by atoms with E-state index in [2.05, 4.69) is 29.8 Å². The molecule has 0 bridgehead atoms. The monoisotopic (exact) mass is 272 g/mol. The third kappa shape index (κ3) is 2.20. The summed E-state index contributed by atoms with van der Waals surface area (Å²) in [6, 6.07) is 3.30. The van der Waals surface area contributed by atoms with Crippen LogP contribution in [0.25, 0.3) is 0 Å². The topological polar surface area (TPSA) is 38.7 Å². The lowest BCUT2D eigenvalue weighted by Gasteiger charge is -2.19. The Morgan fingerprint density at radius 3 is 2.33 bits per heavy atom. The van der Waals surface area contributed by atoms with Gasteiger partial charge in [0.25, 0.3) is 0 Å². The second-order valence-electron chi connectivity index (χ2n) is 4.49. The van der Waals surface area contributed by atoms with Gasteiger partial charge in [0, 0.05) is 17.5 Å². The molecule has 0 aromatic heterocycles. The normalized spacial score (nSPS) is 18.3. The molecule has 1 N–H and O–H groups in total. The molecular weight excluding hydrogens is 260 g/mol. The highest BCUT2D eigenvalue weighted by Crippen LogP contribution is 2.40. The van der Waals surface area contributed by atoms with Crippen LogP contribution in [-0.2, 0) is 0 Å². The SMILES string of the molecule is CC1(C)COc2cc(O)c(Br)cc2OC1. The molecule has 1 aromatic carbocycles. The van der Waals surface area contributed by atoms with Crippen molar-refractivity contribution < 1.29 is 14.6 Å². The van der Waals surface area contributed by atoms with Gasteiger partial charge in [-0.05, 0) is 15.9 Å². The minimum atomic E-state index is -0.0128. The van der Waals surface area contributed by atoms with Crippen LogP contribution in [0.5, 0.6) is 17.2 Å². The Labute approximate surface area is 97.1 Å². The van der Waals surface area contributed by atoms with Gasteiger partial charge in [-0.25, -0.2) is 0 Å². The van der Waals surface area contributed by atoms with Crippen LogP contribution in [0.4, 0.5) is 0 Å².